The van der Waals surface area contributed by atoms with Crippen molar-refractivity contribution in [1.29, 1.82) is 0 Å². The summed E-state index contributed by atoms with van der Waals surface area (Å²) in [4.78, 5) is 10.8. The molecule has 4 heteroatoms. The first-order chi connectivity index (χ1) is 5.65. The molecule has 64 valence electrons. The van der Waals surface area contributed by atoms with Crippen LogP contribution in [0.25, 0.3) is 0 Å². The fourth-order valence-electron chi connectivity index (χ4n) is 0.920. The maximum absolute atomic E-state index is 11.1. The third-order valence-corrected chi connectivity index (χ3v) is 1.57. The maximum atomic E-state index is 11.1. The number of methoxy groups -OCH3 is 1. The molecule has 1 rings (SSSR count). The summed E-state index contributed by atoms with van der Waals surface area (Å²) < 4.78 is 4.82. The molecule has 0 aromatic heterocycles. The van der Waals surface area contributed by atoms with Gasteiger partial charge in [-0.05, 0) is 25.1 Å². The first kappa shape index (κ1) is 12.5. The largest absolute Gasteiger partial charge is 1.00 e. The molecule has 0 atom stereocenters. The van der Waals surface area contributed by atoms with Crippen LogP contribution in [0.15, 0.2) is 18.2 Å². The molecular weight excluding hydrogens is 179 g/mol. The van der Waals surface area contributed by atoms with Crippen molar-refractivity contribution in [2.75, 3.05) is 7.11 Å². The molecule has 1 aromatic rings. The van der Waals surface area contributed by atoms with Crippen molar-refractivity contribution in [2.24, 2.45) is 0 Å². The molecule has 0 N–H and O–H groups in total. The van der Waals surface area contributed by atoms with Crippen molar-refractivity contribution in [3.8, 4) is 11.5 Å². The standard InChI is InChI=1S/C9H10O3.Na/c1-6(10)8-4-3-7(12-2)5-9(8)11;/h3-5,11H,1-2H3;/q;+1/p-1. The number of ketones is 1. The van der Waals surface area contributed by atoms with Crippen LogP contribution in [0.4, 0.5) is 0 Å². The van der Waals surface area contributed by atoms with Gasteiger partial charge in [-0.25, -0.2) is 0 Å². The molecule has 0 aliphatic carbocycles. The summed E-state index contributed by atoms with van der Waals surface area (Å²) in [6.07, 6.45) is 0. The minimum atomic E-state index is -0.290. The van der Waals surface area contributed by atoms with E-state index < -0.39 is 0 Å². The third kappa shape index (κ3) is 3.03. The van der Waals surface area contributed by atoms with E-state index in [0.717, 1.165) is 0 Å². The molecule has 0 bridgehead atoms. The van der Waals surface area contributed by atoms with Crippen molar-refractivity contribution in [2.45, 2.75) is 6.92 Å². The van der Waals surface area contributed by atoms with Crippen molar-refractivity contribution < 1.29 is 44.2 Å². The SMILES string of the molecule is COc1ccc(C(C)=O)c([O-])c1.[Na+]. The van der Waals surface area contributed by atoms with Crippen LogP contribution in [0.3, 0.4) is 0 Å². The number of carbonyl (C=O) groups excluding carboxylic acids is 1. The molecule has 0 amide bonds. The van der Waals surface area contributed by atoms with Crippen LogP contribution in [-0.2, 0) is 0 Å². The Bertz CT molecular complexity index is 310. The van der Waals surface area contributed by atoms with E-state index in [-0.39, 0.29) is 46.7 Å². The normalized spacial score (nSPS) is 8.77. The summed E-state index contributed by atoms with van der Waals surface area (Å²) in [6, 6.07) is 4.37. The monoisotopic (exact) mass is 188 g/mol. The molecule has 0 heterocycles. The molecule has 0 spiro atoms. The average molecular weight is 188 g/mol. The van der Waals surface area contributed by atoms with Gasteiger partial charge in [-0.1, -0.05) is 5.75 Å². The third-order valence-electron chi connectivity index (χ3n) is 1.57. The van der Waals surface area contributed by atoms with Crippen LogP contribution in [0.5, 0.6) is 11.5 Å². The average Bonchev–Trinajstić information content (AvgIpc) is 2.03. The Kier molecular flexibility index (Phi) is 5.06. The second-order valence-electron chi connectivity index (χ2n) is 2.42. The second kappa shape index (κ2) is 5.27. The second-order valence-corrected chi connectivity index (χ2v) is 2.42. The van der Waals surface area contributed by atoms with E-state index in [1.807, 2.05) is 0 Å². The Morgan fingerprint density at radius 1 is 1.46 bits per heavy atom. The number of hydrogen-bond donors (Lipinski definition) is 0. The molecule has 13 heavy (non-hydrogen) atoms. The first-order valence-corrected chi connectivity index (χ1v) is 3.51. The molecule has 0 radical (unpaired) electrons. The fraction of sp³-hybridized carbons (Fsp3) is 0.222. The molecule has 0 fully saturated rings. The molecule has 0 aliphatic heterocycles. The van der Waals surface area contributed by atoms with E-state index >= 15 is 0 Å². The smallest absolute Gasteiger partial charge is 0.872 e. The van der Waals surface area contributed by atoms with Gasteiger partial charge in [-0.15, -0.1) is 0 Å². The van der Waals surface area contributed by atoms with Gasteiger partial charge < -0.3 is 9.84 Å². The molecular formula is C9H9NaO3. The van der Waals surface area contributed by atoms with Crippen LogP contribution in [0.2, 0.25) is 0 Å². The molecule has 3 nitrogen and oxygen atoms in total. The first-order valence-electron chi connectivity index (χ1n) is 3.51. The van der Waals surface area contributed by atoms with Gasteiger partial charge in [0.25, 0.3) is 0 Å². The summed E-state index contributed by atoms with van der Waals surface area (Å²) in [6.45, 7) is 1.36. The Labute approximate surface area is 99.0 Å². The zero-order chi connectivity index (χ0) is 9.14. The molecule has 1 aromatic carbocycles. The van der Waals surface area contributed by atoms with Crippen molar-refractivity contribution in [3.63, 3.8) is 0 Å². The summed E-state index contributed by atoms with van der Waals surface area (Å²) in [5, 5.41) is 11.1. The minimum absolute atomic E-state index is 0. The number of rotatable bonds is 2. The number of hydrogen-bond acceptors (Lipinski definition) is 3. The molecule has 0 unspecified atom stereocenters. The molecule has 0 saturated heterocycles. The van der Waals surface area contributed by atoms with Crippen LogP contribution < -0.4 is 39.4 Å². The Balaban J connectivity index is 0.00000144. The predicted octanol–water partition coefficient (Wildman–Crippen LogP) is -2.02. The van der Waals surface area contributed by atoms with Gasteiger partial charge in [0.05, 0.1) is 7.11 Å². The van der Waals surface area contributed by atoms with E-state index in [9.17, 15) is 9.90 Å². The van der Waals surface area contributed by atoms with Gasteiger partial charge in [0, 0.05) is 5.56 Å². The number of ether oxygens (including phenoxy) is 1. The number of carbonyl (C=O) groups is 1. The van der Waals surface area contributed by atoms with Crippen LogP contribution in [-0.4, -0.2) is 12.9 Å². The van der Waals surface area contributed by atoms with E-state index in [4.69, 9.17) is 4.74 Å². The Morgan fingerprint density at radius 3 is 2.46 bits per heavy atom. The fourth-order valence-corrected chi connectivity index (χ4v) is 0.920. The van der Waals surface area contributed by atoms with E-state index in [2.05, 4.69) is 0 Å². The van der Waals surface area contributed by atoms with Gasteiger partial charge in [-0.2, -0.15) is 0 Å². The quantitative estimate of drug-likeness (QED) is 0.397. The topological polar surface area (TPSA) is 49.4 Å². The summed E-state index contributed by atoms with van der Waals surface area (Å²) in [5.74, 6) is -0.0329. The Hall–Kier alpha value is -0.510. The zero-order valence-electron chi connectivity index (χ0n) is 7.96. The minimum Gasteiger partial charge on any atom is -0.872 e. The Morgan fingerprint density at radius 2 is 2.08 bits per heavy atom. The van der Waals surface area contributed by atoms with Crippen LogP contribution in [0, 0.1) is 0 Å². The van der Waals surface area contributed by atoms with Gasteiger partial charge in [0.1, 0.15) is 5.75 Å². The number of Topliss-reactive ketones (excluding diaryl/α,β-unsaturated/α-hetero) is 1. The van der Waals surface area contributed by atoms with Crippen LogP contribution in [0.1, 0.15) is 17.3 Å². The van der Waals surface area contributed by atoms with Gasteiger partial charge in [0.2, 0.25) is 0 Å². The zero-order valence-corrected chi connectivity index (χ0v) is 9.96. The molecule has 0 saturated carbocycles. The summed E-state index contributed by atoms with van der Waals surface area (Å²) >= 11 is 0. The summed E-state index contributed by atoms with van der Waals surface area (Å²) in [5.41, 5.74) is 0.204. The maximum Gasteiger partial charge on any atom is 1.00 e. The van der Waals surface area contributed by atoms with Gasteiger partial charge in [0.15, 0.2) is 5.78 Å². The van der Waals surface area contributed by atoms with Crippen molar-refractivity contribution in [1.82, 2.24) is 0 Å². The summed E-state index contributed by atoms with van der Waals surface area (Å²) in [7, 11) is 1.47. The molecule has 0 aliphatic rings. The van der Waals surface area contributed by atoms with E-state index in [1.165, 1.54) is 26.2 Å². The van der Waals surface area contributed by atoms with Crippen molar-refractivity contribution in [3.05, 3.63) is 23.8 Å². The van der Waals surface area contributed by atoms with Gasteiger partial charge >= 0.3 is 29.6 Å². The van der Waals surface area contributed by atoms with Crippen molar-refractivity contribution >= 4 is 5.78 Å². The van der Waals surface area contributed by atoms with Gasteiger partial charge in [-0.3, -0.25) is 4.79 Å². The van der Waals surface area contributed by atoms with Crippen LogP contribution >= 0.6 is 0 Å². The number of benzene rings is 1. The van der Waals surface area contributed by atoms with E-state index in [0.29, 0.717) is 5.75 Å². The predicted molar refractivity (Wildman–Crippen MR) is 42.4 cm³/mol. The van der Waals surface area contributed by atoms with E-state index in [1.54, 1.807) is 6.07 Å².